The Morgan fingerprint density at radius 1 is 0.947 bits per heavy atom. The van der Waals surface area contributed by atoms with Crippen LogP contribution >= 0.6 is 15.9 Å². The van der Waals surface area contributed by atoms with Crippen LogP contribution in [0.25, 0.3) is 0 Å². The van der Waals surface area contributed by atoms with Gasteiger partial charge in [-0.3, -0.25) is 0 Å². The molecular weight excluding hydrogens is 298 g/mol. The van der Waals surface area contributed by atoms with Crippen LogP contribution in [0, 0.1) is 0 Å². The van der Waals surface area contributed by atoms with Crippen molar-refractivity contribution in [3.05, 3.63) is 69.7 Å². The molecule has 2 aromatic carbocycles. The summed E-state index contributed by atoms with van der Waals surface area (Å²) in [5.74, 6) is 0.601. The van der Waals surface area contributed by atoms with Gasteiger partial charge in [-0.2, -0.15) is 0 Å². The Hall–Kier alpha value is -1.12. The van der Waals surface area contributed by atoms with Crippen molar-refractivity contribution in [1.29, 1.82) is 0 Å². The van der Waals surface area contributed by atoms with E-state index in [-0.39, 0.29) is 0 Å². The Morgan fingerprint density at radius 2 is 1.63 bits per heavy atom. The highest BCUT2D eigenvalue weighted by Gasteiger charge is 1.99. The van der Waals surface area contributed by atoms with Crippen LogP contribution in [-0.2, 0) is 13.1 Å². The van der Waals surface area contributed by atoms with E-state index in [1.807, 2.05) is 6.07 Å². The quantitative estimate of drug-likeness (QED) is 0.830. The molecule has 0 amide bonds. The fourth-order valence-electron chi connectivity index (χ4n) is 2.02. The topological polar surface area (TPSA) is 12.0 Å². The molecule has 0 radical (unpaired) electrons. The molecule has 0 saturated heterocycles. The Kier molecular flexibility index (Phi) is 5.17. The molecule has 0 fully saturated rings. The molecule has 100 valence electrons. The highest BCUT2D eigenvalue weighted by Crippen LogP contribution is 2.15. The van der Waals surface area contributed by atoms with Gasteiger partial charge in [0.1, 0.15) is 0 Å². The highest BCUT2D eigenvalue weighted by molar-refractivity contribution is 9.10. The summed E-state index contributed by atoms with van der Waals surface area (Å²) in [6.45, 7) is 6.25. The molecule has 0 unspecified atom stereocenters. The Balaban J connectivity index is 1.85. The highest BCUT2D eigenvalue weighted by atomic mass is 79.9. The van der Waals surface area contributed by atoms with E-state index in [1.165, 1.54) is 16.7 Å². The van der Waals surface area contributed by atoms with E-state index >= 15 is 0 Å². The van der Waals surface area contributed by atoms with Crippen molar-refractivity contribution < 1.29 is 0 Å². The van der Waals surface area contributed by atoms with Crippen LogP contribution in [0.15, 0.2) is 53.0 Å². The van der Waals surface area contributed by atoms with Crippen molar-refractivity contribution in [2.45, 2.75) is 32.9 Å². The molecule has 2 heteroatoms. The van der Waals surface area contributed by atoms with Crippen molar-refractivity contribution >= 4 is 15.9 Å². The number of hydrogen-bond acceptors (Lipinski definition) is 1. The molecule has 0 saturated carbocycles. The minimum atomic E-state index is 0.601. The first-order valence-corrected chi connectivity index (χ1v) is 7.48. The molecule has 1 nitrogen and oxygen atoms in total. The summed E-state index contributed by atoms with van der Waals surface area (Å²) < 4.78 is 1.13. The SMILES string of the molecule is CC(C)c1ccc(CNCc2cccc(Br)c2)cc1. The lowest BCUT2D eigenvalue weighted by molar-refractivity contribution is 0.692. The lowest BCUT2D eigenvalue weighted by Crippen LogP contribution is -2.12. The van der Waals surface area contributed by atoms with Gasteiger partial charge in [0.2, 0.25) is 0 Å². The monoisotopic (exact) mass is 317 g/mol. The maximum absolute atomic E-state index is 3.49. The van der Waals surface area contributed by atoms with Crippen LogP contribution in [0.5, 0.6) is 0 Å². The average Bonchev–Trinajstić information content (AvgIpc) is 2.39. The predicted octanol–water partition coefficient (Wildman–Crippen LogP) is 4.86. The summed E-state index contributed by atoms with van der Waals surface area (Å²) in [4.78, 5) is 0. The van der Waals surface area contributed by atoms with Gasteiger partial charge in [0.25, 0.3) is 0 Å². The molecule has 0 bridgehead atoms. The third-order valence-electron chi connectivity index (χ3n) is 3.19. The summed E-state index contributed by atoms with van der Waals surface area (Å²) in [5, 5.41) is 3.47. The fraction of sp³-hybridized carbons (Fsp3) is 0.294. The first kappa shape index (κ1) is 14.3. The summed E-state index contributed by atoms with van der Waals surface area (Å²) in [7, 11) is 0. The number of halogens is 1. The van der Waals surface area contributed by atoms with Gasteiger partial charge < -0.3 is 5.32 Å². The van der Waals surface area contributed by atoms with Crippen molar-refractivity contribution in [2.24, 2.45) is 0 Å². The Labute approximate surface area is 124 Å². The van der Waals surface area contributed by atoms with Gasteiger partial charge in [0, 0.05) is 17.6 Å². The zero-order chi connectivity index (χ0) is 13.7. The lowest BCUT2D eigenvalue weighted by Gasteiger charge is -2.08. The fourth-order valence-corrected chi connectivity index (χ4v) is 2.47. The van der Waals surface area contributed by atoms with Crippen molar-refractivity contribution in [2.75, 3.05) is 0 Å². The van der Waals surface area contributed by atoms with Crippen LogP contribution in [0.1, 0.15) is 36.5 Å². The third kappa shape index (κ3) is 4.48. The molecule has 0 spiro atoms. The molecule has 0 aromatic heterocycles. The van der Waals surface area contributed by atoms with E-state index in [0.29, 0.717) is 5.92 Å². The van der Waals surface area contributed by atoms with Crippen LogP contribution in [0.3, 0.4) is 0 Å². The molecule has 0 atom stereocenters. The van der Waals surface area contributed by atoms with E-state index in [9.17, 15) is 0 Å². The lowest BCUT2D eigenvalue weighted by atomic mass is 10.0. The van der Waals surface area contributed by atoms with Gasteiger partial charge >= 0.3 is 0 Å². The average molecular weight is 318 g/mol. The number of nitrogens with one attached hydrogen (secondary N) is 1. The molecule has 2 rings (SSSR count). The standard InChI is InChI=1S/C17H20BrN/c1-13(2)16-8-6-14(7-9-16)11-19-12-15-4-3-5-17(18)10-15/h3-10,13,19H,11-12H2,1-2H3. The van der Waals surface area contributed by atoms with Crippen molar-refractivity contribution in [1.82, 2.24) is 5.32 Å². The predicted molar refractivity (Wildman–Crippen MR) is 85.2 cm³/mol. The van der Waals surface area contributed by atoms with E-state index < -0.39 is 0 Å². The van der Waals surface area contributed by atoms with Crippen LogP contribution < -0.4 is 5.32 Å². The van der Waals surface area contributed by atoms with Gasteiger partial charge in [0.15, 0.2) is 0 Å². The molecule has 1 N–H and O–H groups in total. The zero-order valence-corrected chi connectivity index (χ0v) is 13.1. The normalized spacial score (nSPS) is 10.9. The third-order valence-corrected chi connectivity index (χ3v) is 3.69. The Morgan fingerprint density at radius 3 is 2.26 bits per heavy atom. The molecule has 0 aliphatic rings. The first-order chi connectivity index (χ1) is 9.15. The maximum atomic E-state index is 3.49. The van der Waals surface area contributed by atoms with Crippen LogP contribution in [0.4, 0.5) is 0 Å². The number of rotatable bonds is 5. The summed E-state index contributed by atoms with van der Waals surface area (Å²) in [5.41, 5.74) is 4.03. The maximum Gasteiger partial charge on any atom is 0.0209 e. The summed E-state index contributed by atoms with van der Waals surface area (Å²) in [6.07, 6.45) is 0. The second-order valence-corrected chi connectivity index (χ2v) is 6.05. The van der Waals surface area contributed by atoms with Gasteiger partial charge in [-0.15, -0.1) is 0 Å². The van der Waals surface area contributed by atoms with Crippen molar-refractivity contribution in [3.63, 3.8) is 0 Å². The molecule has 0 heterocycles. The van der Waals surface area contributed by atoms with Gasteiger partial charge in [-0.1, -0.05) is 66.2 Å². The molecule has 2 aromatic rings. The second kappa shape index (κ2) is 6.88. The van der Waals surface area contributed by atoms with Gasteiger partial charge in [-0.25, -0.2) is 0 Å². The van der Waals surface area contributed by atoms with Crippen LogP contribution in [0.2, 0.25) is 0 Å². The van der Waals surface area contributed by atoms with E-state index in [0.717, 1.165) is 17.6 Å². The largest absolute Gasteiger partial charge is 0.309 e. The van der Waals surface area contributed by atoms with E-state index in [4.69, 9.17) is 0 Å². The molecule has 0 aliphatic heterocycles. The molecular formula is C17H20BrN. The van der Waals surface area contributed by atoms with E-state index in [1.54, 1.807) is 0 Å². The minimum absolute atomic E-state index is 0.601. The minimum Gasteiger partial charge on any atom is -0.309 e. The van der Waals surface area contributed by atoms with E-state index in [2.05, 4.69) is 77.6 Å². The first-order valence-electron chi connectivity index (χ1n) is 6.69. The number of hydrogen-bond donors (Lipinski definition) is 1. The van der Waals surface area contributed by atoms with Gasteiger partial charge in [0.05, 0.1) is 0 Å². The van der Waals surface area contributed by atoms with Crippen molar-refractivity contribution in [3.8, 4) is 0 Å². The summed E-state index contributed by atoms with van der Waals surface area (Å²) in [6, 6.07) is 17.3. The molecule has 0 aliphatic carbocycles. The van der Waals surface area contributed by atoms with Crippen LogP contribution in [-0.4, -0.2) is 0 Å². The van der Waals surface area contributed by atoms with Gasteiger partial charge in [-0.05, 0) is 34.7 Å². The molecule has 19 heavy (non-hydrogen) atoms. The smallest absolute Gasteiger partial charge is 0.0209 e. The Bertz CT molecular complexity index is 517. The number of benzene rings is 2. The summed E-state index contributed by atoms with van der Waals surface area (Å²) >= 11 is 3.49. The second-order valence-electron chi connectivity index (χ2n) is 5.13. The zero-order valence-electron chi connectivity index (χ0n) is 11.5.